The molecule has 1 aliphatic rings. The van der Waals surface area contributed by atoms with Crippen LogP contribution in [-0.2, 0) is 4.74 Å². The smallest absolute Gasteiger partial charge is 0.0645 e. The van der Waals surface area contributed by atoms with Gasteiger partial charge in [-0.3, -0.25) is 4.90 Å². The van der Waals surface area contributed by atoms with Crippen molar-refractivity contribution in [1.29, 1.82) is 0 Å². The summed E-state index contributed by atoms with van der Waals surface area (Å²) in [5.41, 5.74) is 1.22. The first-order chi connectivity index (χ1) is 5.13. The van der Waals surface area contributed by atoms with Crippen molar-refractivity contribution in [1.82, 2.24) is 4.90 Å². The molecule has 2 nitrogen and oxygen atoms in total. The van der Waals surface area contributed by atoms with Crippen molar-refractivity contribution in [3.8, 4) is 0 Å². The molecule has 0 saturated carbocycles. The lowest BCUT2D eigenvalue weighted by molar-refractivity contribution is -0.0630. The van der Waals surface area contributed by atoms with Gasteiger partial charge in [-0.15, -0.1) is 0 Å². The molecule has 0 aromatic rings. The third-order valence-electron chi connectivity index (χ3n) is 2.52. The average molecular weight is 155 g/mol. The Morgan fingerprint density at radius 3 is 2.45 bits per heavy atom. The van der Waals surface area contributed by atoms with Gasteiger partial charge in [-0.1, -0.05) is 12.2 Å². The zero-order valence-corrected chi connectivity index (χ0v) is 7.63. The monoisotopic (exact) mass is 155 g/mol. The number of ether oxygens (including phenoxy) is 1. The van der Waals surface area contributed by atoms with E-state index in [1.807, 2.05) is 0 Å². The SMILES string of the molecule is C=C(C)C(C)N(C)C1COC1. The highest BCUT2D eigenvalue weighted by Crippen LogP contribution is 2.14. The van der Waals surface area contributed by atoms with Crippen LogP contribution in [0.15, 0.2) is 12.2 Å². The summed E-state index contributed by atoms with van der Waals surface area (Å²) in [5, 5.41) is 0. The van der Waals surface area contributed by atoms with E-state index in [4.69, 9.17) is 4.74 Å². The van der Waals surface area contributed by atoms with Crippen LogP contribution in [0.3, 0.4) is 0 Å². The Bertz CT molecular complexity index is 152. The number of hydrogen-bond acceptors (Lipinski definition) is 2. The summed E-state index contributed by atoms with van der Waals surface area (Å²) in [7, 11) is 2.13. The number of hydrogen-bond donors (Lipinski definition) is 0. The fourth-order valence-electron chi connectivity index (χ4n) is 1.12. The number of nitrogens with zero attached hydrogens (tertiary/aromatic N) is 1. The molecule has 0 aromatic heterocycles. The Morgan fingerprint density at radius 1 is 1.64 bits per heavy atom. The van der Waals surface area contributed by atoms with Crippen LogP contribution in [0.4, 0.5) is 0 Å². The Kier molecular flexibility index (Phi) is 2.68. The van der Waals surface area contributed by atoms with E-state index in [0.29, 0.717) is 12.1 Å². The summed E-state index contributed by atoms with van der Waals surface area (Å²) in [6.45, 7) is 9.95. The Morgan fingerprint density at radius 2 is 2.18 bits per heavy atom. The lowest BCUT2D eigenvalue weighted by atomic mass is 10.1. The highest BCUT2D eigenvalue weighted by molar-refractivity contribution is 5.01. The molecule has 1 atom stereocenters. The average Bonchev–Trinajstić information content (AvgIpc) is 1.82. The predicted molar refractivity (Wildman–Crippen MR) is 46.6 cm³/mol. The van der Waals surface area contributed by atoms with Crippen molar-refractivity contribution >= 4 is 0 Å². The standard InChI is InChI=1S/C9H17NO/c1-7(2)8(3)10(4)9-5-11-6-9/h8-9H,1,5-6H2,2-4H3. The molecule has 1 unspecified atom stereocenters. The van der Waals surface area contributed by atoms with E-state index < -0.39 is 0 Å². The van der Waals surface area contributed by atoms with Crippen LogP contribution in [0.5, 0.6) is 0 Å². The van der Waals surface area contributed by atoms with Crippen LogP contribution in [-0.4, -0.2) is 37.2 Å². The normalized spacial score (nSPS) is 21.5. The second-order valence-corrected chi connectivity index (χ2v) is 3.38. The van der Waals surface area contributed by atoms with Crippen LogP contribution in [0.2, 0.25) is 0 Å². The second-order valence-electron chi connectivity index (χ2n) is 3.38. The van der Waals surface area contributed by atoms with Crippen LogP contribution in [0.1, 0.15) is 13.8 Å². The molecule has 0 amide bonds. The molecule has 1 saturated heterocycles. The fraction of sp³-hybridized carbons (Fsp3) is 0.778. The van der Waals surface area contributed by atoms with Gasteiger partial charge in [0.05, 0.1) is 19.3 Å². The Hall–Kier alpha value is -0.340. The first-order valence-electron chi connectivity index (χ1n) is 4.08. The quantitative estimate of drug-likeness (QED) is 0.569. The van der Waals surface area contributed by atoms with E-state index in [1.165, 1.54) is 5.57 Å². The third-order valence-corrected chi connectivity index (χ3v) is 2.52. The summed E-state index contributed by atoms with van der Waals surface area (Å²) in [6.07, 6.45) is 0. The van der Waals surface area contributed by atoms with Gasteiger partial charge >= 0.3 is 0 Å². The molecule has 1 heterocycles. The molecule has 11 heavy (non-hydrogen) atoms. The number of likely N-dealkylation sites (N-methyl/N-ethyl adjacent to an activating group) is 1. The van der Waals surface area contributed by atoms with Crippen molar-refractivity contribution in [2.45, 2.75) is 25.9 Å². The highest BCUT2D eigenvalue weighted by Gasteiger charge is 2.26. The molecule has 0 radical (unpaired) electrons. The molecular weight excluding hydrogens is 138 g/mol. The first-order valence-corrected chi connectivity index (χ1v) is 4.08. The van der Waals surface area contributed by atoms with Crippen molar-refractivity contribution in [2.75, 3.05) is 20.3 Å². The maximum Gasteiger partial charge on any atom is 0.0645 e. The van der Waals surface area contributed by atoms with Crippen LogP contribution >= 0.6 is 0 Å². The molecule has 1 fully saturated rings. The minimum atomic E-state index is 0.476. The van der Waals surface area contributed by atoms with Gasteiger partial charge in [0.2, 0.25) is 0 Å². The topological polar surface area (TPSA) is 12.5 Å². The zero-order chi connectivity index (χ0) is 8.43. The summed E-state index contributed by atoms with van der Waals surface area (Å²) < 4.78 is 5.11. The second kappa shape index (κ2) is 3.37. The largest absolute Gasteiger partial charge is 0.378 e. The summed E-state index contributed by atoms with van der Waals surface area (Å²) in [6, 6.07) is 1.09. The van der Waals surface area contributed by atoms with E-state index in [9.17, 15) is 0 Å². The molecule has 1 aliphatic heterocycles. The summed E-state index contributed by atoms with van der Waals surface area (Å²) in [5.74, 6) is 0. The van der Waals surface area contributed by atoms with Gasteiger partial charge in [-0.05, 0) is 20.9 Å². The van der Waals surface area contributed by atoms with Gasteiger partial charge in [-0.2, -0.15) is 0 Å². The summed E-state index contributed by atoms with van der Waals surface area (Å²) >= 11 is 0. The molecule has 2 heteroatoms. The van der Waals surface area contributed by atoms with Gasteiger partial charge in [0.15, 0.2) is 0 Å². The van der Waals surface area contributed by atoms with E-state index >= 15 is 0 Å². The van der Waals surface area contributed by atoms with Crippen LogP contribution in [0, 0.1) is 0 Å². The van der Waals surface area contributed by atoms with Gasteiger partial charge < -0.3 is 4.74 Å². The van der Waals surface area contributed by atoms with Gasteiger partial charge in [0.1, 0.15) is 0 Å². The summed E-state index contributed by atoms with van der Waals surface area (Å²) in [4.78, 5) is 2.33. The number of rotatable bonds is 3. The third kappa shape index (κ3) is 1.82. The van der Waals surface area contributed by atoms with Crippen LogP contribution in [0.25, 0.3) is 0 Å². The van der Waals surface area contributed by atoms with Crippen molar-refractivity contribution < 1.29 is 4.74 Å². The van der Waals surface area contributed by atoms with Crippen molar-refractivity contribution in [3.05, 3.63) is 12.2 Å². The Labute approximate surface area is 68.8 Å². The molecule has 1 rings (SSSR count). The zero-order valence-electron chi connectivity index (χ0n) is 7.63. The van der Waals surface area contributed by atoms with Gasteiger partial charge in [0.25, 0.3) is 0 Å². The Balaban J connectivity index is 2.38. The first kappa shape index (κ1) is 8.75. The van der Waals surface area contributed by atoms with E-state index in [-0.39, 0.29) is 0 Å². The molecule has 0 aromatic carbocycles. The predicted octanol–water partition coefficient (Wildman–Crippen LogP) is 1.28. The lowest BCUT2D eigenvalue weighted by Crippen LogP contribution is -2.50. The van der Waals surface area contributed by atoms with E-state index in [2.05, 4.69) is 32.4 Å². The molecule has 0 N–H and O–H groups in total. The molecule has 64 valence electrons. The molecule has 0 spiro atoms. The van der Waals surface area contributed by atoms with Crippen molar-refractivity contribution in [2.24, 2.45) is 0 Å². The van der Waals surface area contributed by atoms with E-state index in [1.54, 1.807) is 0 Å². The molecular formula is C9H17NO. The lowest BCUT2D eigenvalue weighted by Gasteiger charge is -2.38. The maximum absolute atomic E-state index is 5.11. The van der Waals surface area contributed by atoms with Gasteiger partial charge in [0, 0.05) is 6.04 Å². The van der Waals surface area contributed by atoms with Gasteiger partial charge in [-0.25, -0.2) is 0 Å². The highest BCUT2D eigenvalue weighted by atomic mass is 16.5. The van der Waals surface area contributed by atoms with Crippen LogP contribution < -0.4 is 0 Å². The van der Waals surface area contributed by atoms with Crippen molar-refractivity contribution in [3.63, 3.8) is 0 Å². The molecule has 0 bridgehead atoms. The minimum Gasteiger partial charge on any atom is -0.378 e. The van der Waals surface area contributed by atoms with E-state index in [0.717, 1.165) is 13.2 Å². The maximum atomic E-state index is 5.11. The molecule has 0 aliphatic carbocycles. The minimum absolute atomic E-state index is 0.476. The fourth-order valence-corrected chi connectivity index (χ4v) is 1.12.